The Bertz CT molecular complexity index is 604. The van der Waals surface area contributed by atoms with E-state index in [0.717, 1.165) is 5.69 Å². The van der Waals surface area contributed by atoms with Gasteiger partial charge in [-0.3, -0.25) is 15.0 Å². The van der Waals surface area contributed by atoms with Gasteiger partial charge in [-0.2, -0.15) is 0 Å². The Morgan fingerprint density at radius 3 is 2.64 bits per heavy atom. The van der Waals surface area contributed by atoms with Crippen LogP contribution in [0.25, 0.3) is 0 Å². The van der Waals surface area contributed by atoms with E-state index in [1.807, 2.05) is 30.3 Å². The third-order valence-corrected chi connectivity index (χ3v) is 2.85. The summed E-state index contributed by atoms with van der Waals surface area (Å²) in [4.78, 5) is 15.0. The van der Waals surface area contributed by atoms with Crippen LogP contribution in [0.15, 0.2) is 48.7 Å². The van der Waals surface area contributed by atoms with Gasteiger partial charge in [-0.25, -0.2) is 5.06 Å². The summed E-state index contributed by atoms with van der Waals surface area (Å²) < 4.78 is 11.1. The second-order valence-electron chi connectivity index (χ2n) is 4.58. The van der Waals surface area contributed by atoms with Gasteiger partial charge >= 0.3 is 0 Å². The Morgan fingerprint density at radius 2 is 1.95 bits per heavy atom. The van der Waals surface area contributed by atoms with Gasteiger partial charge in [-0.1, -0.05) is 12.1 Å². The quantitative estimate of drug-likeness (QED) is 0.627. The first-order chi connectivity index (χ1) is 10.6. The van der Waals surface area contributed by atoms with E-state index in [1.54, 1.807) is 18.3 Å². The maximum Gasteiger partial charge on any atom is 0.242 e. The molecule has 1 N–H and O–H groups in total. The molecule has 2 rings (SSSR count). The van der Waals surface area contributed by atoms with Crippen LogP contribution in [0.5, 0.6) is 11.5 Å². The Hall–Kier alpha value is -2.60. The lowest BCUT2D eigenvalue weighted by Gasteiger charge is -2.13. The molecular formula is C16H18N2O4. The maximum absolute atomic E-state index is 10.9. The molecule has 22 heavy (non-hydrogen) atoms. The lowest BCUT2D eigenvalue weighted by Crippen LogP contribution is -2.29. The van der Waals surface area contributed by atoms with Gasteiger partial charge < -0.3 is 9.47 Å². The van der Waals surface area contributed by atoms with Gasteiger partial charge in [-0.15, -0.1) is 0 Å². The second-order valence-corrected chi connectivity index (χ2v) is 4.58. The largest absolute Gasteiger partial charge is 0.492 e. The number of hydrogen-bond donors (Lipinski definition) is 1. The molecule has 0 bridgehead atoms. The number of hydrogen-bond acceptors (Lipinski definition) is 5. The number of hydroxylamine groups is 2. The Morgan fingerprint density at radius 1 is 1.18 bits per heavy atom. The van der Waals surface area contributed by atoms with Gasteiger partial charge in [0.15, 0.2) is 0 Å². The Labute approximate surface area is 128 Å². The highest BCUT2D eigenvalue weighted by atomic mass is 16.5. The van der Waals surface area contributed by atoms with Gasteiger partial charge in [0.05, 0.1) is 12.2 Å². The molecular weight excluding hydrogens is 284 g/mol. The highest BCUT2D eigenvalue weighted by Crippen LogP contribution is 2.20. The zero-order valence-electron chi connectivity index (χ0n) is 12.3. The minimum atomic E-state index is -0.420. The fourth-order valence-electron chi connectivity index (χ4n) is 1.70. The molecule has 6 heteroatoms. The maximum atomic E-state index is 10.9. The molecule has 0 spiro atoms. The number of ether oxygens (including phenoxy) is 2. The van der Waals surface area contributed by atoms with E-state index in [2.05, 4.69) is 4.98 Å². The number of carbonyl (C=O) groups is 1. The van der Waals surface area contributed by atoms with Crippen LogP contribution < -0.4 is 9.47 Å². The van der Waals surface area contributed by atoms with Crippen LogP contribution in [0, 0.1) is 0 Å². The monoisotopic (exact) mass is 302 g/mol. The zero-order chi connectivity index (χ0) is 15.8. The smallest absolute Gasteiger partial charge is 0.242 e. The first-order valence-corrected chi connectivity index (χ1v) is 6.87. The van der Waals surface area contributed by atoms with E-state index in [-0.39, 0.29) is 13.2 Å². The van der Waals surface area contributed by atoms with Crippen molar-refractivity contribution in [1.29, 1.82) is 0 Å². The Kier molecular flexibility index (Phi) is 5.73. The summed E-state index contributed by atoms with van der Waals surface area (Å²) in [6.45, 7) is 1.96. The van der Waals surface area contributed by atoms with Crippen LogP contribution in [0.1, 0.15) is 12.6 Å². The van der Waals surface area contributed by atoms with Crippen LogP contribution >= 0.6 is 0 Å². The van der Waals surface area contributed by atoms with Crippen molar-refractivity contribution in [2.45, 2.75) is 13.5 Å². The van der Waals surface area contributed by atoms with Crippen molar-refractivity contribution in [3.63, 3.8) is 0 Å². The molecule has 1 amide bonds. The number of aromatic nitrogens is 1. The van der Waals surface area contributed by atoms with Crippen LogP contribution in [-0.2, 0) is 11.4 Å². The van der Waals surface area contributed by atoms with E-state index in [4.69, 9.17) is 9.47 Å². The van der Waals surface area contributed by atoms with E-state index in [0.29, 0.717) is 23.2 Å². The first kappa shape index (κ1) is 15.8. The van der Waals surface area contributed by atoms with E-state index in [9.17, 15) is 10.0 Å². The predicted molar refractivity (Wildman–Crippen MR) is 79.7 cm³/mol. The molecule has 0 radical (unpaired) electrons. The number of amides is 1. The molecule has 0 aliphatic rings. The molecule has 116 valence electrons. The number of pyridine rings is 1. The van der Waals surface area contributed by atoms with E-state index < -0.39 is 5.91 Å². The van der Waals surface area contributed by atoms with Crippen molar-refractivity contribution >= 4 is 5.91 Å². The standard InChI is InChI=1S/C16H18N2O4/c1-13(19)18(20)9-10-21-15-6-4-7-16(11-15)22-12-14-5-2-3-8-17-14/h2-8,11,20H,9-10,12H2,1H3. The topological polar surface area (TPSA) is 71.9 Å². The summed E-state index contributed by atoms with van der Waals surface area (Å²) in [6, 6.07) is 12.8. The van der Waals surface area contributed by atoms with Crippen molar-refractivity contribution in [1.82, 2.24) is 10.0 Å². The summed E-state index contributed by atoms with van der Waals surface area (Å²) in [5.41, 5.74) is 0.839. The van der Waals surface area contributed by atoms with Crippen LogP contribution in [0.2, 0.25) is 0 Å². The van der Waals surface area contributed by atoms with Crippen molar-refractivity contribution in [3.8, 4) is 11.5 Å². The van der Waals surface area contributed by atoms with Crippen molar-refractivity contribution in [2.24, 2.45) is 0 Å². The zero-order valence-corrected chi connectivity index (χ0v) is 12.3. The van der Waals surface area contributed by atoms with E-state index >= 15 is 0 Å². The highest BCUT2D eigenvalue weighted by molar-refractivity contribution is 5.71. The average molecular weight is 302 g/mol. The number of benzene rings is 1. The number of nitrogens with zero attached hydrogens (tertiary/aromatic N) is 2. The average Bonchev–Trinajstić information content (AvgIpc) is 2.54. The Balaban J connectivity index is 1.83. The predicted octanol–water partition coefficient (Wildman–Crippen LogP) is 2.28. The molecule has 1 aromatic carbocycles. The first-order valence-electron chi connectivity index (χ1n) is 6.87. The summed E-state index contributed by atoms with van der Waals surface area (Å²) in [7, 11) is 0. The molecule has 0 unspecified atom stereocenters. The third-order valence-electron chi connectivity index (χ3n) is 2.85. The van der Waals surface area contributed by atoms with Gasteiger partial charge in [0.1, 0.15) is 24.7 Å². The van der Waals surface area contributed by atoms with Crippen LogP contribution in [0.4, 0.5) is 0 Å². The molecule has 0 atom stereocenters. The lowest BCUT2D eigenvalue weighted by atomic mass is 10.3. The minimum Gasteiger partial charge on any atom is -0.492 e. The lowest BCUT2D eigenvalue weighted by molar-refractivity contribution is -0.163. The fourth-order valence-corrected chi connectivity index (χ4v) is 1.70. The van der Waals surface area contributed by atoms with Gasteiger partial charge in [0, 0.05) is 19.2 Å². The second kappa shape index (κ2) is 7.99. The minimum absolute atomic E-state index is 0.106. The molecule has 0 aliphatic heterocycles. The van der Waals surface area contributed by atoms with Crippen molar-refractivity contribution in [2.75, 3.05) is 13.2 Å². The molecule has 0 saturated carbocycles. The van der Waals surface area contributed by atoms with E-state index in [1.165, 1.54) is 6.92 Å². The van der Waals surface area contributed by atoms with Crippen LogP contribution in [-0.4, -0.2) is 34.3 Å². The van der Waals surface area contributed by atoms with Crippen LogP contribution in [0.3, 0.4) is 0 Å². The molecule has 2 aromatic rings. The van der Waals surface area contributed by atoms with Crippen molar-refractivity contribution < 1.29 is 19.5 Å². The number of rotatable bonds is 7. The molecule has 6 nitrogen and oxygen atoms in total. The summed E-state index contributed by atoms with van der Waals surface area (Å²) in [6.07, 6.45) is 1.72. The summed E-state index contributed by atoms with van der Waals surface area (Å²) in [5, 5.41) is 9.85. The number of carbonyl (C=O) groups excluding carboxylic acids is 1. The van der Waals surface area contributed by atoms with Crippen molar-refractivity contribution in [3.05, 3.63) is 54.4 Å². The summed E-state index contributed by atoms with van der Waals surface area (Å²) >= 11 is 0. The third kappa shape index (κ3) is 5.06. The molecule has 1 heterocycles. The van der Waals surface area contributed by atoms with Gasteiger partial charge in [0.2, 0.25) is 5.91 Å². The summed E-state index contributed by atoms with van der Waals surface area (Å²) in [5.74, 6) is 0.849. The SMILES string of the molecule is CC(=O)N(O)CCOc1cccc(OCc2ccccn2)c1. The van der Waals surface area contributed by atoms with Gasteiger partial charge in [-0.05, 0) is 24.3 Å². The highest BCUT2D eigenvalue weighted by Gasteiger charge is 2.05. The molecule has 1 aromatic heterocycles. The fraction of sp³-hybridized carbons (Fsp3) is 0.250. The van der Waals surface area contributed by atoms with Gasteiger partial charge in [0.25, 0.3) is 0 Å². The molecule has 0 aliphatic carbocycles. The molecule has 0 saturated heterocycles. The molecule has 0 fully saturated rings. The normalized spacial score (nSPS) is 10.1.